The van der Waals surface area contributed by atoms with E-state index in [1.807, 2.05) is 0 Å². The molecule has 16 heavy (non-hydrogen) atoms. The van der Waals surface area contributed by atoms with E-state index in [9.17, 15) is 0 Å². The Kier molecular flexibility index (Phi) is 2.51. The number of hydrogen-bond donors (Lipinski definition) is 1. The van der Waals surface area contributed by atoms with Gasteiger partial charge < -0.3 is 5.32 Å². The molecule has 0 amide bonds. The van der Waals surface area contributed by atoms with E-state index in [2.05, 4.69) is 18.2 Å². The first kappa shape index (κ1) is 10.7. The first-order valence-electron chi connectivity index (χ1n) is 6.89. The largest absolute Gasteiger partial charge is 0.303 e. The summed E-state index contributed by atoms with van der Waals surface area (Å²) in [5.41, 5.74) is 0.603. The molecule has 0 unspecified atom stereocenters. The lowest BCUT2D eigenvalue weighted by atomic mass is 9.48. The Balaban J connectivity index is 1.75. The topological polar surface area (TPSA) is 12.0 Å². The van der Waals surface area contributed by atoms with Gasteiger partial charge in [0.05, 0.1) is 6.54 Å². The van der Waals surface area contributed by atoms with Crippen molar-refractivity contribution < 1.29 is 0 Å². The van der Waals surface area contributed by atoms with Crippen LogP contribution in [0.4, 0.5) is 0 Å². The molecule has 4 aliphatic carbocycles. The van der Waals surface area contributed by atoms with Crippen LogP contribution in [0.5, 0.6) is 0 Å². The van der Waals surface area contributed by atoms with E-state index in [1.165, 1.54) is 38.5 Å². The van der Waals surface area contributed by atoms with Crippen molar-refractivity contribution in [1.82, 2.24) is 5.32 Å². The lowest BCUT2D eigenvalue weighted by molar-refractivity contribution is -0.0697. The fourth-order valence-corrected chi connectivity index (χ4v) is 5.14. The quantitative estimate of drug-likeness (QED) is 0.717. The van der Waals surface area contributed by atoms with E-state index in [1.54, 1.807) is 0 Å². The summed E-state index contributed by atoms with van der Waals surface area (Å²) in [6, 6.07) is 0.622. The normalized spacial score (nSPS) is 46.6. The Morgan fingerprint density at radius 2 is 1.69 bits per heavy atom. The van der Waals surface area contributed by atoms with Gasteiger partial charge in [-0.05, 0) is 68.6 Å². The van der Waals surface area contributed by atoms with Gasteiger partial charge in [-0.15, -0.1) is 6.42 Å². The Hall–Kier alpha value is -0.480. The molecule has 1 nitrogen and oxygen atoms in total. The summed E-state index contributed by atoms with van der Waals surface area (Å²) in [6.07, 6.45) is 14.4. The van der Waals surface area contributed by atoms with Gasteiger partial charge in [0.1, 0.15) is 0 Å². The van der Waals surface area contributed by atoms with Gasteiger partial charge >= 0.3 is 0 Å². The third-order valence-corrected chi connectivity index (χ3v) is 5.51. The van der Waals surface area contributed by atoms with Crippen LogP contribution in [0.25, 0.3) is 0 Å². The van der Waals surface area contributed by atoms with Crippen molar-refractivity contribution >= 4 is 0 Å². The van der Waals surface area contributed by atoms with Gasteiger partial charge in [-0.3, -0.25) is 0 Å². The van der Waals surface area contributed by atoms with Crippen molar-refractivity contribution in [3.8, 4) is 12.3 Å². The second kappa shape index (κ2) is 3.77. The Morgan fingerprint density at radius 3 is 2.12 bits per heavy atom. The van der Waals surface area contributed by atoms with Crippen molar-refractivity contribution in [2.24, 2.45) is 23.2 Å². The molecule has 0 saturated heterocycles. The van der Waals surface area contributed by atoms with E-state index < -0.39 is 0 Å². The van der Waals surface area contributed by atoms with Crippen molar-refractivity contribution in [2.75, 3.05) is 6.54 Å². The summed E-state index contributed by atoms with van der Waals surface area (Å²) in [4.78, 5) is 0. The fourth-order valence-electron chi connectivity index (χ4n) is 5.14. The maximum atomic E-state index is 5.36. The van der Waals surface area contributed by atoms with Gasteiger partial charge in [0.15, 0.2) is 0 Å². The highest BCUT2D eigenvalue weighted by atomic mass is 14.9. The van der Waals surface area contributed by atoms with Crippen LogP contribution in [0.1, 0.15) is 45.4 Å². The third-order valence-electron chi connectivity index (χ3n) is 5.51. The minimum Gasteiger partial charge on any atom is -0.303 e. The summed E-state index contributed by atoms with van der Waals surface area (Å²) in [5, 5.41) is 3.55. The molecule has 0 aromatic heterocycles. The van der Waals surface area contributed by atoms with E-state index in [4.69, 9.17) is 6.42 Å². The van der Waals surface area contributed by atoms with E-state index in [-0.39, 0.29) is 0 Å². The van der Waals surface area contributed by atoms with E-state index in [0.717, 1.165) is 24.3 Å². The summed E-state index contributed by atoms with van der Waals surface area (Å²) in [7, 11) is 0. The van der Waals surface area contributed by atoms with Crippen LogP contribution < -0.4 is 5.32 Å². The summed E-state index contributed by atoms with van der Waals surface area (Å²) in [5.74, 6) is 5.85. The lowest BCUT2D eigenvalue weighted by Gasteiger charge is -2.59. The van der Waals surface area contributed by atoms with Crippen LogP contribution in [0, 0.1) is 35.5 Å². The number of terminal acetylenes is 1. The second-order valence-electron chi connectivity index (χ2n) is 6.59. The number of hydrogen-bond acceptors (Lipinski definition) is 1. The predicted octanol–water partition coefficient (Wildman–Crippen LogP) is 2.81. The van der Waals surface area contributed by atoms with E-state index in [0.29, 0.717) is 11.5 Å². The van der Waals surface area contributed by atoms with Gasteiger partial charge in [-0.1, -0.05) is 5.92 Å². The van der Waals surface area contributed by atoms with Crippen LogP contribution in [0.3, 0.4) is 0 Å². The zero-order valence-corrected chi connectivity index (χ0v) is 10.3. The second-order valence-corrected chi connectivity index (χ2v) is 6.59. The highest BCUT2D eigenvalue weighted by Gasteiger charge is 2.52. The minimum atomic E-state index is 0.603. The van der Waals surface area contributed by atoms with Crippen molar-refractivity contribution in [3.05, 3.63) is 0 Å². The first-order valence-corrected chi connectivity index (χ1v) is 6.89. The summed E-state index contributed by atoms with van der Waals surface area (Å²) in [6.45, 7) is 3.10. The summed E-state index contributed by atoms with van der Waals surface area (Å²) < 4.78 is 0. The number of nitrogens with one attached hydrogen (secondary N) is 1. The first-order chi connectivity index (χ1) is 7.72. The summed E-state index contributed by atoms with van der Waals surface area (Å²) >= 11 is 0. The van der Waals surface area contributed by atoms with Gasteiger partial charge in [0.2, 0.25) is 0 Å². The molecule has 0 aromatic carbocycles. The van der Waals surface area contributed by atoms with Crippen molar-refractivity contribution in [1.29, 1.82) is 0 Å². The lowest BCUT2D eigenvalue weighted by Crippen LogP contribution is -2.54. The Labute approximate surface area is 99.4 Å². The van der Waals surface area contributed by atoms with Gasteiger partial charge in [0.25, 0.3) is 0 Å². The SMILES string of the molecule is C#CCN[C@H](C)C12CC3CC(CC(C3)C1)C2. The molecule has 4 rings (SSSR count). The molecule has 1 heteroatoms. The van der Waals surface area contributed by atoms with Gasteiger partial charge in [0, 0.05) is 6.04 Å². The molecule has 4 fully saturated rings. The monoisotopic (exact) mass is 217 g/mol. The number of rotatable bonds is 3. The third kappa shape index (κ3) is 1.59. The van der Waals surface area contributed by atoms with Crippen molar-refractivity contribution in [3.63, 3.8) is 0 Å². The fraction of sp³-hybridized carbons (Fsp3) is 0.867. The molecule has 4 aliphatic rings. The molecule has 4 saturated carbocycles. The van der Waals surface area contributed by atoms with Crippen LogP contribution in [0.2, 0.25) is 0 Å². The maximum Gasteiger partial charge on any atom is 0.0576 e. The molecule has 0 heterocycles. The standard InChI is InChI=1S/C15H23N/c1-3-4-16-11(2)15-8-12-5-13(9-15)7-14(6-12)10-15/h1,11-14,16H,4-10H2,2H3/t11-,12?,13?,14?,15?/m1/s1. The Morgan fingerprint density at radius 1 is 1.19 bits per heavy atom. The molecule has 0 radical (unpaired) electrons. The molecule has 4 bridgehead atoms. The average molecular weight is 217 g/mol. The van der Waals surface area contributed by atoms with Gasteiger partial charge in [-0.25, -0.2) is 0 Å². The van der Waals surface area contributed by atoms with Crippen molar-refractivity contribution in [2.45, 2.75) is 51.5 Å². The minimum absolute atomic E-state index is 0.603. The zero-order valence-electron chi connectivity index (χ0n) is 10.3. The molecular weight excluding hydrogens is 194 g/mol. The molecule has 0 aromatic rings. The predicted molar refractivity (Wildman–Crippen MR) is 66.9 cm³/mol. The molecule has 0 spiro atoms. The van der Waals surface area contributed by atoms with Crippen LogP contribution in [0.15, 0.2) is 0 Å². The maximum absolute atomic E-state index is 5.36. The van der Waals surface area contributed by atoms with E-state index >= 15 is 0 Å². The molecule has 88 valence electrons. The molecule has 1 N–H and O–H groups in total. The van der Waals surface area contributed by atoms with Crippen LogP contribution in [-0.2, 0) is 0 Å². The molecule has 0 aliphatic heterocycles. The molecule has 1 atom stereocenters. The zero-order chi connectivity index (χ0) is 11.2. The van der Waals surface area contributed by atoms with Gasteiger partial charge in [-0.2, -0.15) is 0 Å². The average Bonchev–Trinajstić information content (AvgIpc) is 2.24. The molecular formula is C15H23N. The Bertz CT molecular complexity index is 277. The smallest absolute Gasteiger partial charge is 0.0576 e. The van der Waals surface area contributed by atoms with Crippen LogP contribution >= 0.6 is 0 Å². The van der Waals surface area contributed by atoms with Crippen LogP contribution in [-0.4, -0.2) is 12.6 Å². The highest BCUT2D eigenvalue weighted by molar-refractivity contribution is 5.05. The highest BCUT2D eigenvalue weighted by Crippen LogP contribution is 2.61.